The zero-order valence-electron chi connectivity index (χ0n) is 8.80. The van der Waals surface area contributed by atoms with Crippen LogP contribution in [0.15, 0.2) is 39.9 Å². The fourth-order valence-electron chi connectivity index (χ4n) is 1.77. The molecule has 2 aromatic rings. The number of hydrogen-bond acceptors (Lipinski definition) is 4. The Bertz CT molecular complexity index is 652. The molecule has 0 radical (unpaired) electrons. The van der Waals surface area contributed by atoms with Crippen molar-refractivity contribution in [2.45, 2.75) is 6.42 Å². The number of fused-ring (bicyclic) bond motifs is 1. The van der Waals surface area contributed by atoms with E-state index in [1.54, 1.807) is 6.26 Å². The molecular weight excluding hydrogens is 252 g/mol. The number of ketones is 1. The lowest BCUT2D eigenvalue weighted by molar-refractivity contribution is -0.113. The zero-order chi connectivity index (χ0) is 11.8. The van der Waals surface area contributed by atoms with Crippen LogP contribution >= 0.6 is 24.0 Å². The molecule has 0 spiro atoms. The molecule has 0 saturated carbocycles. The van der Waals surface area contributed by atoms with E-state index in [4.69, 9.17) is 16.6 Å². The molecule has 0 aliphatic carbocycles. The van der Waals surface area contributed by atoms with Gasteiger partial charge in [-0.3, -0.25) is 4.79 Å². The largest absolute Gasteiger partial charge is 0.464 e. The molecule has 2 nitrogen and oxygen atoms in total. The number of hydrogen-bond donors (Lipinski definition) is 0. The van der Waals surface area contributed by atoms with E-state index >= 15 is 0 Å². The number of allylic oxidation sites excluding steroid dienone is 1. The second kappa shape index (κ2) is 4.13. The van der Waals surface area contributed by atoms with Crippen LogP contribution in [0.4, 0.5) is 0 Å². The van der Waals surface area contributed by atoms with E-state index in [9.17, 15) is 4.79 Å². The minimum atomic E-state index is 0.118. The van der Waals surface area contributed by atoms with Crippen LogP contribution in [0.2, 0.25) is 0 Å². The van der Waals surface area contributed by atoms with Crippen molar-refractivity contribution in [2.24, 2.45) is 0 Å². The molecule has 84 valence electrons. The van der Waals surface area contributed by atoms with Gasteiger partial charge in [0.1, 0.15) is 5.58 Å². The van der Waals surface area contributed by atoms with Crippen molar-refractivity contribution in [2.75, 3.05) is 0 Å². The fraction of sp³-hybridized carbons (Fsp3) is 0.0769. The minimum Gasteiger partial charge on any atom is -0.464 e. The van der Waals surface area contributed by atoms with Crippen molar-refractivity contribution >= 4 is 51.0 Å². The van der Waals surface area contributed by atoms with Crippen LogP contribution in [0.1, 0.15) is 12.0 Å². The van der Waals surface area contributed by atoms with Crippen LogP contribution in [0.25, 0.3) is 17.0 Å². The fourth-order valence-corrected chi connectivity index (χ4v) is 3.00. The van der Waals surface area contributed by atoms with Crippen LogP contribution in [0.5, 0.6) is 0 Å². The predicted octanol–water partition coefficient (Wildman–Crippen LogP) is 3.81. The van der Waals surface area contributed by atoms with Gasteiger partial charge >= 0.3 is 0 Å². The Balaban J connectivity index is 2.01. The van der Waals surface area contributed by atoms with Crippen molar-refractivity contribution in [3.05, 3.63) is 41.0 Å². The Labute approximate surface area is 108 Å². The average Bonchev–Trinajstić information content (AvgIpc) is 2.85. The van der Waals surface area contributed by atoms with Gasteiger partial charge in [-0.05, 0) is 29.8 Å². The van der Waals surface area contributed by atoms with Crippen molar-refractivity contribution in [1.29, 1.82) is 0 Å². The molecule has 1 saturated heterocycles. The zero-order valence-corrected chi connectivity index (χ0v) is 10.4. The molecule has 17 heavy (non-hydrogen) atoms. The van der Waals surface area contributed by atoms with Crippen molar-refractivity contribution in [1.82, 2.24) is 0 Å². The van der Waals surface area contributed by atoms with E-state index in [0.29, 0.717) is 6.42 Å². The minimum absolute atomic E-state index is 0.118. The van der Waals surface area contributed by atoms with E-state index in [-0.39, 0.29) is 5.78 Å². The first-order valence-electron chi connectivity index (χ1n) is 5.15. The summed E-state index contributed by atoms with van der Waals surface area (Å²) in [6.07, 6.45) is 3.94. The molecule has 1 fully saturated rings. The van der Waals surface area contributed by atoms with Gasteiger partial charge in [0, 0.05) is 5.39 Å². The van der Waals surface area contributed by atoms with E-state index in [1.165, 1.54) is 11.8 Å². The quantitative estimate of drug-likeness (QED) is 0.576. The summed E-state index contributed by atoms with van der Waals surface area (Å²) in [6, 6.07) is 7.75. The summed E-state index contributed by atoms with van der Waals surface area (Å²) in [5.74, 6) is 0.118. The predicted molar refractivity (Wildman–Crippen MR) is 74.0 cm³/mol. The first-order chi connectivity index (χ1) is 8.22. The summed E-state index contributed by atoms with van der Waals surface area (Å²) >= 11 is 6.43. The van der Waals surface area contributed by atoms with Gasteiger partial charge < -0.3 is 4.42 Å². The van der Waals surface area contributed by atoms with Crippen LogP contribution in [-0.2, 0) is 4.79 Å². The Hall–Kier alpha value is -1.39. The third kappa shape index (κ3) is 2.06. The van der Waals surface area contributed by atoms with E-state index < -0.39 is 0 Å². The Morgan fingerprint density at radius 3 is 3.00 bits per heavy atom. The van der Waals surface area contributed by atoms with E-state index in [1.807, 2.05) is 30.3 Å². The third-order valence-corrected chi connectivity index (χ3v) is 3.91. The molecule has 1 aromatic carbocycles. The maximum Gasteiger partial charge on any atom is 0.175 e. The Kier molecular flexibility index (Phi) is 2.61. The van der Waals surface area contributed by atoms with Gasteiger partial charge in [-0.15, -0.1) is 0 Å². The number of carbonyl (C=O) groups is 1. The molecule has 4 heteroatoms. The lowest BCUT2D eigenvalue weighted by Crippen LogP contribution is -1.90. The molecule has 2 heterocycles. The Morgan fingerprint density at radius 1 is 1.35 bits per heavy atom. The maximum atomic E-state index is 11.6. The van der Waals surface area contributed by atoms with Crippen molar-refractivity contribution in [3.8, 4) is 0 Å². The van der Waals surface area contributed by atoms with Gasteiger partial charge in [0.25, 0.3) is 0 Å². The SMILES string of the molecule is O=C1CC(=S)S/C1=C\c1ccc2occc2c1. The third-order valence-electron chi connectivity index (χ3n) is 2.58. The van der Waals surface area contributed by atoms with Crippen LogP contribution in [0.3, 0.4) is 0 Å². The molecule has 0 bridgehead atoms. The molecule has 1 aromatic heterocycles. The summed E-state index contributed by atoms with van der Waals surface area (Å²) in [6.45, 7) is 0. The standard InChI is InChI=1S/C13H8O2S2/c14-10-7-13(16)17-12(10)6-8-1-2-11-9(5-8)3-4-15-11/h1-6H,7H2/b12-6-. The normalized spacial score (nSPS) is 18.5. The highest BCUT2D eigenvalue weighted by molar-refractivity contribution is 8.27. The molecule has 0 atom stereocenters. The monoisotopic (exact) mass is 260 g/mol. The number of thioether (sulfide) groups is 1. The van der Waals surface area contributed by atoms with Gasteiger partial charge in [0.2, 0.25) is 0 Å². The summed E-state index contributed by atoms with van der Waals surface area (Å²) in [4.78, 5) is 12.3. The van der Waals surface area contributed by atoms with E-state index in [0.717, 1.165) is 25.6 Å². The molecule has 0 N–H and O–H groups in total. The second-order valence-electron chi connectivity index (χ2n) is 3.80. The van der Waals surface area contributed by atoms with Crippen molar-refractivity contribution in [3.63, 3.8) is 0 Å². The highest BCUT2D eigenvalue weighted by Crippen LogP contribution is 2.32. The Morgan fingerprint density at radius 2 is 2.24 bits per heavy atom. The van der Waals surface area contributed by atoms with Gasteiger partial charge in [0.05, 0.1) is 21.8 Å². The number of benzene rings is 1. The second-order valence-corrected chi connectivity index (χ2v) is 5.69. The lowest BCUT2D eigenvalue weighted by Gasteiger charge is -1.96. The smallest absolute Gasteiger partial charge is 0.175 e. The molecule has 3 rings (SSSR count). The number of furan rings is 1. The summed E-state index contributed by atoms with van der Waals surface area (Å²) in [5, 5.41) is 1.04. The van der Waals surface area contributed by atoms with Crippen LogP contribution in [0, 0.1) is 0 Å². The van der Waals surface area contributed by atoms with Gasteiger partial charge in [-0.1, -0.05) is 30.0 Å². The molecule has 0 amide bonds. The molecular formula is C13H8O2S2. The van der Waals surface area contributed by atoms with Crippen molar-refractivity contribution < 1.29 is 9.21 Å². The lowest BCUT2D eigenvalue weighted by atomic mass is 10.1. The van der Waals surface area contributed by atoms with Crippen LogP contribution < -0.4 is 0 Å². The van der Waals surface area contributed by atoms with E-state index in [2.05, 4.69) is 0 Å². The molecule has 1 aliphatic heterocycles. The highest BCUT2D eigenvalue weighted by atomic mass is 32.2. The highest BCUT2D eigenvalue weighted by Gasteiger charge is 2.22. The van der Waals surface area contributed by atoms with Gasteiger partial charge in [-0.25, -0.2) is 0 Å². The molecule has 1 aliphatic rings. The first-order valence-corrected chi connectivity index (χ1v) is 6.38. The maximum absolute atomic E-state index is 11.6. The number of carbonyl (C=O) groups excluding carboxylic acids is 1. The number of thiocarbonyl (C=S) groups is 1. The van der Waals surface area contributed by atoms with Crippen LogP contribution in [-0.4, -0.2) is 9.98 Å². The average molecular weight is 260 g/mol. The summed E-state index contributed by atoms with van der Waals surface area (Å²) < 4.78 is 6.02. The number of rotatable bonds is 1. The molecule has 0 unspecified atom stereocenters. The summed E-state index contributed by atoms with van der Waals surface area (Å²) in [7, 11) is 0. The number of Topliss-reactive ketones (excluding diaryl/α,β-unsaturated/α-hetero) is 1. The first kappa shape index (κ1) is 10.7. The topological polar surface area (TPSA) is 30.2 Å². The van der Waals surface area contributed by atoms with Gasteiger partial charge in [-0.2, -0.15) is 0 Å². The van der Waals surface area contributed by atoms with Gasteiger partial charge in [0.15, 0.2) is 5.78 Å². The summed E-state index contributed by atoms with van der Waals surface area (Å²) in [5.41, 5.74) is 1.85.